The molecule has 78 heavy (non-hydrogen) atoms. The van der Waals surface area contributed by atoms with E-state index in [1.54, 1.807) is 0 Å². The maximum atomic E-state index is 6.77. The summed E-state index contributed by atoms with van der Waals surface area (Å²) in [5, 5.41) is 6.85. The van der Waals surface area contributed by atoms with Gasteiger partial charge in [-0.05, 0) is 87.8 Å². The van der Waals surface area contributed by atoms with Gasteiger partial charge in [0.1, 0.15) is 17.5 Å². The molecule has 0 aliphatic carbocycles. The second-order valence-corrected chi connectivity index (χ2v) is 20.7. The summed E-state index contributed by atoms with van der Waals surface area (Å²) >= 11 is 0. The van der Waals surface area contributed by atoms with E-state index in [0.29, 0.717) is 11.5 Å². The molecule has 0 spiro atoms. The monoisotopic (exact) mass is 1180 g/mol. The summed E-state index contributed by atoms with van der Waals surface area (Å²) in [4.78, 5) is 10.5. The van der Waals surface area contributed by atoms with Crippen molar-refractivity contribution in [1.29, 1.82) is 0 Å². The number of rotatable bonds is 8. The van der Waals surface area contributed by atoms with Gasteiger partial charge in [0.25, 0.3) is 6.33 Å². The number of fused-ring (bicyclic) bond motifs is 10. The van der Waals surface area contributed by atoms with Crippen LogP contribution in [-0.2, 0) is 26.5 Å². The molecule has 0 N–H and O–H groups in total. The maximum Gasteiger partial charge on any atom is 0.268 e. The van der Waals surface area contributed by atoms with Gasteiger partial charge in [-0.15, -0.1) is 29.7 Å². The summed E-state index contributed by atoms with van der Waals surface area (Å²) in [5.74, 6) is 3.52. The minimum absolute atomic E-state index is 0. The molecule has 0 radical (unpaired) electrons. The van der Waals surface area contributed by atoms with E-state index < -0.39 is 0 Å². The summed E-state index contributed by atoms with van der Waals surface area (Å²) < 4.78 is 17.8. The molecule has 0 saturated heterocycles. The molecule has 6 aromatic heterocycles. The molecule has 8 nitrogen and oxygen atoms in total. The molecule has 9 heteroatoms. The van der Waals surface area contributed by atoms with E-state index in [4.69, 9.17) is 14.7 Å². The molecule has 0 amide bonds. The summed E-state index contributed by atoms with van der Waals surface area (Å²) in [6.45, 7) is 6.69. The Morgan fingerprint density at radius 3 is 1.63 bits per heavy atom. The molecule has 0 unspecified atom stereocenters. The number of nitrogens with zero attached hydrogens (tertiary/aromatic N) is 7. The third-order valence-corrected chi connectivity index (χ3v) is 15.0. The fraction of sp³-hybridized carbons (Fsp3) is 0.0580. The van der Waals surface area contributed by atoms with Crippen LogP contribution in [0.5, 0.6) is 11.5 Å². The van der Waals surface area contributed by atoms with Gasteiger partial charge in [-0.3, -0.25) is 13.7 Å². The van der Waals surface area contributed by atoms with Crippen LogP contribution < -0.4 is 9.30 Å². The van der Waals surface area contributed by atoms with Gasteiger partial charge in [-0.25, -0.2) is 9.97 Å². The summed E-state index contributed by atoms with van der Waals surface area (Å²) in [5.41, 5.74) is 13.3. The SMILES string of the molecule is CC(C)(C)c1ccnc(-n2c3[c-]c(Oc4[c-]c(-n5[c-][n+](-c6cc(-n7c8ccccc8c8ccccc87)nc(-n7c8ccccc8c8ccccc87)c6)c6ccccc65)ccc4)ccc3c3cc(-c4ccccc4)ccc32)c1.[Pt]. The second-order valence-electron chi connectivity index (χ2n) is 20.7. The number of pyridine rings is 2. The van der Waals surface area contributed by atoms with Gasteiger partial charge in [-0.1, -0.05) is 166 Å². The first kappa shape index (κ1) is 47.1. The number of ether oxygens (including phenoxy) is 1. The average molecular weight is 1190 g/mol. The summed E-state index contributed by atoms with van der Waals surface area (Å²) in [7, 11) is 0. The molecule has 6 heterocycles. The van der Waals surface area contributed by atoms with E-state index >= 15 is 0 Å². The van der Waals surface area contributed by atoms with Crippen LogP contribution in [0, 0.1) is 18.5 Å². The maximum absolute atomic E-state index is 6.77. The minimum atomic E-state index is -0.0668. The standard InChI is InChI=1S/C69H47N7O.Pt/c1-69(2,3)47-36-37-70-66(39-47)76-62-35-32-46(45-18-5-4-6-19-45)38-57(62)56-34-33-51(43-65(56)76)77-50-21-17-20-48(40-50)72-44-73(64-31-16-15-30-63(64)72)49-41-67(74-58-26-11-7-22-52(58)53-23-8-12-27-59(53)74)71-68(42-49)75-60-28-13-9-24-54(60)55-25-10-14-29-61(55)75;/h4-39,41-42H,1-3H3;/q-2;. The molecule has 9 aromatic carbocycles. The fourth-order valence-corrected chi connectivity index (χ4v) is 11.4. The third-order valence-electron chi connectivity index (χ3n) is 15.0. The first-order valence-corrected chi connectivity index (χ1v) is 26.0. The van der Waals surface area contributed by atoms with Crippen LogP contribution in [0.15, 0.2) is 231 Å². The van der Waals surface area contributed by atoms with Crippen molar-refractivity contribution >= 4 is 76.5 Å². The Hall–Kier alpha value is -9.36. The van der Waals surface area contributed by atoms with Crippen LogP contribution in [0.2, 0.25) is 0 Å². The van der Waals surface area contributed by atoms with E-state index in [1.165, 1.54) is 27.1 Å². The van der Waals surface area contributed by atoms with E-state index in [9.17, 15) is 0 Å². The third kappa shape index (κ3) is 7.66. The number of para-hydroxylation sites is 6. The van der Waals surface area contributed by atoms with Crippen LogP contribution in [-0.4, -0.2) is 28.2 Å². The first-order chi connectivity index (χ1) is 37.8. The van der Waals surface area contributed by atoms with Crippen LogP contribution in [0.3, 0.4) is 0 Å². The van der Waals surface area contributed by atoms with E-state index in [-0.39, 0.29) is 26.5 Å². The van der Waals surface area contributed by atoms with E-state index in [0.717, 1.165) is 94.9 Å². The number of benzene rings is 9. The Morgan fingerprint density at radius 2 is 1.00 bits per heavy atom. The zero-order valence-electron chi connectivity index (χ0n) is 42.8. The first-order valence-electron chi connectivity index (χ1n) is 26.0. The quantitative estimate of drug-likeness (QED) is 0.113. The Kier molecular flexibility index (Phi) is 11.1. The summed E-state index contributed by atoms with van der Waals surface area (Å²) in [6.07, 6.45) is 5.69. The molecular weight excluding hydrogens is 1140 g/mol. The molecule has 15 aromatic rings. The van der Waals surface area contributed by atoms with Crippen LogP contribution in [0.1, 0.15) is 26.3 Å². The van der Waals surface area contributed by atoms with E-state index in [2.05, 4.69) is 262 Å². The zero-order valence-corrected chi connectivity index (χ0v) is 45.1. The Morgan fingerprint density at radius 1 is 0.436 bits per heavy atom. The van der Waals surface area contributed by atoms with Crippen molar-refractivity contribution in [3.8, 4) is 51.5 Å². The topological polar surface area (TPSA) is 58.6 Å². The predicted molar refractivity (Wildman–Crippen MR) is 311 cm³/mol. The van der Waals surface area contributed by atoms with Gasteiger partial charge in [0.15, 0.2) is 0 Å². The molecule has 0 saturated carbocycles. The number of hydrogen-bond acceptors (Lipinski definition) is 3. The van der Waals surface area contributed by atoms with Crippen molar-refractivity contribution in [2.45, 2.75) is 26.2 Å². The molecule has 0 fully saturated rings. The normalized spacial score (nSPS) is 11.9. The van der Waals surface area contributed by atoms with Crippen molar-refractivity contribution in [2.24, 2.45) is 0 Å². The molecule has 0 aliphatic heterocycles. The van der Waals surface area contributed by atoms with Gasteiger partial charge >= 0.3 is 0 Å². The van der Waals surface area contributed by atoms with Crippen molar-refractivity contribution in [3.05, 3.63) is 255 Å². The van der Waals surface area contributed by atoms with E-state index in [1.807, 2.05) is 30.5 Å². The van der Waals surface area contributed by atoms with Crippen LogP contribution in [0.4, 0.5) is 0 Å². The Labute approximate surface area is 464 Å². The van der Waals surface area contributed by atoms with Crippen molar-refractivity contribution in [1.82, 2.24) is 28.2 Å². The number of imidazole rings is 1. The minimum Gasteiger partial charge on any atom is -0.510 e. The van der Waals surface area contributed by atoms with Gasteiger partial charge < -0.3 is 13.9 Å². The molecular formula is C69H47N7OPt-2. The largest absolute Gasteiger partial charge is 0.510 e. The average Bonchev–Trinajstić information content (AvgIpc) is 4.36. The molecule has 376 valence electrons. The zero-order chi connectivity index (χ0) is 51.4. The van der Waals surface area contributed by atoms with Crippen LogP contribution in [0.25, 0.3) is 116 Å². The number of aromatic nitrogens is 7. The fourth-order valence-electron chi connectivity index (χ4n) is 11.4. The van der Waals surface area contributed by atoms with Crippen LogP contribution >= 0.6 is 0 Å². The van der Waals surface area contributed by atoms with Crippen molar-refractivity contribution < 1.29 is 30.4 Å². The molecule has 0 atom stereocenters. The van der Waals surface area contributed by atoms with Gasteiger partial charge in [-0.2, -0.15) is 18.2 Å². The Bertz CT molecular complexity index is 4600. The smallest absolute Gasteiger partial charge is 0.268 e. The van der Waals surface area contributed by atoms with Gasteiger partial charge in [0.2, 0.25) is 0 Å². The second kappa shape index (κ2) is 18.4. The predicted octanol–water partition coefficient (Wildman–Crippen LogP) is 16.1. The van der Waals surface area contributed by atoms with Gasteiger partial charge in [0.05, 0.1) is 38.8 Å². The molecule has 15 rings (SSSR count). The molecule has 0 aliphatic rings. The molecule has 0 bridgehead atoms. The van der Waals surface area contributed by atoms with Gasteiger partial charge in [0, 0.05) is 65.8 Å². The number of hydrogen-bond donors (Lipinski definition) is 0. The van der Waals surface area contributed by atoms with Crippen molar-refractivity contribution in [3.63, 3.8) is 0 Å². The summed E-state index contributed by atoms with van der Waals surface area (Å²) in [6, 6.07) is 86.0. The Balaban J connectivity index is 0.00000552. The van der Waals surface area contributed by atoms with Crippen molar-refractivity contribution in [2.75, 3.05) is 0 Å².